The van der Waals surface area contributed by atoms with Crippen molar-refractivity contribution in [3.63, 3.8) is 0 Å². The zero-order chi connectivity index (χ0) is 11.8. The lowest BCUT2D eigenvalue weighted by Crippen LogP contribution is -2.87. The third-order valence-electron chi connectivity index (χ3n) is 2.05. The summed E-state index contributed by atoms with van der Waals surface area (Å²) in [6.45, 7) is 4.19. The standard InChI is InChI=1S/C7H6O3.C4H9NO/c8-6-4-2-1-3-5(6)7(9)10;1-3-6-4-2-5-1/h1-4,8H,(H,9,10);5H,1-4H2. The smallest absolute Gasteiger partial charge is 0.335 e. The van der Waals surface area contributed by atoms with Crippen molar-refractivity contribution in [1.29, 1.82) is 0 Å². The number of nitrogens with two attached hydrogens (primary N) is 1. The molecule has 1 aliphatic rings. The van der Waals surface area contributed by atoms with E-state index in [-0.39, 0.29) is 5.56 Å². The molecule has 16 heavy (non-hydrogen) atoms. The monoisotopic (exact) mass is 225 g/mol. The van der Waals surface area contributed by atoms with Gasteiger partial charge in [0.05, 0.1) is 31.9 Å². The molecule has 1 aromatic carbocycles. The fraction of sp³-hybridized carbons (Fsp3) is 0.364. The number of para-hydroxylation sites is 1. The second-order valence-electron chi connectivity index (χ2n) is 3.28. The van der Waals surface area contributed by atoms with Gasteiger partial charge in [-0.05, 0) is 6.07 Å². The molecule has 1 aromatic rings. The number of hydrogen-bond donors (Lipinski definition) is 2. The van der Waals surface area contributed by atoms with Gasteiger partial charge in [-0.3, -0.25) is 0 Å². The number of rotatable bonds is 1. The topological polar surface area (TPSA) is 86.2 Å². The van der Waals surface area contributed by atoms with Crippen molar-refractivity contribution < 1.29 is 25.1 Å². The number of ether oxygens (including phenoxy) is 1. The van der Waals surface area contributed by atoms with Crippen molar-refractivity contribution in [2.24, 2.45) is 0 Å². The lowest BCUT2D eigenvalue weighted by Gasteiger charge is -2.07. The fourth-order valence-electron chi connectivity index (χ4n) is 1.22. The Morgan fingerprint density at radius 2 is 1.94 bits per heavy atom. The predicted octanol–water partition coefficient (Wildman–Crippen LogP) is -0.962. The summed E-state index contributed by atoms with van der Waals surface area (Å²) in [5, 5.41) is 21.3. The first-order valence-electron chi connectivity index (χ1n) is 5.10. The van der Waals surface area contributed by atoms with E-state index in [2.05, 4.69) is 5.32 Å². The molecule has 1 aliphatic heterocycles. The zero-order valence-corrected chi connectivity index (χ0v) is 8.89. The number of hydrogen-bond acceptors (Lipinski definition) is 3. The van der Waals surface area contributed by atoms with E-state index in [9.17, 15) is 9.90 Å². The van der Waals surface area contributed by atoms with Crippen molar-refractivity contribution >= 4 is 5.97 Å². The molecule has 0 spiro atoms. The minimum atomic E-state index is -1.18. The van der Waals surface area contributed by atoms with Crippen LogP contribution in [0.15, 0.2) is 24.3 Å². The van der Waals surface area contributed by atoms with Crippen LogP contribution in [0.3, 0.4) is 0 Å². The number of morpholine rings is 1. The lowest BCUT2D eigenvalue weighted by atomic mass is 10.2. The van der Waals surface area contributed by atoms with Gasteiger partial charge in [-0.2, -0.15) is 0 Å². The summed E-state index contributed by atoms with van der Waals surface area (Å²) in [6, 6.07) is 5.54. The summed E-state index contributed by atoms with van der Waals surface area (Å²) >= 11 is 0. The average Bonchev–Trinajstić information content (AvgIpc) is 2.32. The maximum Gasteiger partial charge on any atom is 0.335 e. The molecule has 0 unspecified atom stereocenters. The van der Waals surface area contributed by atoms with Crippen molar-refractivity contribution in [1.82, 2.24) is 0 Å². The van der Waals surface area contributed by atoms with Crippen LogP contribution < -0.4 is 10.4 Å². The number of carboxylic acid groups (broad SMARTS) is 1. The minimum absolute atomic E-state index is 0.178. The molecule has 0 radical (unpaired) electrons. The maximum absolute atomic E-state index is 10.7. The molecular formula is C11H15NO4. The third-order valence-corrected chi connectivity index (χ3v) is 2.05. The second kappa shape index (κ2) is 6.81. The normalized spacial score (nSPS) is 14.8. The van der Waals surface area contributed by atoms with Crippen LogP contribution in [0.2, 0.25) is 0 Å². The van der Waals surface area contributed by atoms with Gasteiger partial charge in [-0.1, -0.05) is 23.9 Å². The van der Waals surface area contributed by atoms with E-state index in [1.165, 1.54) is 24.3 Å². The summed E-state index contributed by atoms with van der Waals surface area (Å²) in [4.78, 5) is 10.2. The third kappa shape index (κ3) is 4.29. The SMILES string of the molecule is C1COCC[NH2+]1.O=C(O)c1ccccc1[O-]. The molecule has 0 aromatic heterocycles. The molecule has 2 rings (SSSR count). The quantitative estimate of drug-likeness (QED) is 0.644. The van der Waals surface area contributed by atoms with Crippen LogP contribution in [0.1, 0.15) is 10.4 Å². The van der Waals surface area contributed by atoms with Crippen molar-refractivity contribution in [2.75, 3.05) is 26.3 Å². The zero-order valence-electron chi connectivity index (χ0n) is 8.89. The first-order valence-corrected chi connectivity index (χ1v) is 5.10. The Labute approximate surface area is 93.7 Å². The van der Waals surface area contributed by atoms with E-state index < -0.39 is 11.7 Å². The number of benzene rings is 1. The van der Waals surface area contributed by atoms with Crippen LogP contribution in [0.5, 0.6) is 5.75 Å². The molecule has 5 nitrogen and oxygen atoms in total. The van der Waals surface area contributed by atoms with Gasteiger partial charge < -0.3 is 20.3 Å². The van der Waals surface area contributed by atoms with E-state index >= 15 is 0 Å². The van der Waals surface area contributed by atoms with Crippen LogP contribution >= 0.6 is 0 Å². The van der Waals surface area contributed by atoms with Gasteiger partial charge in [0, 0.05) is 0 Å². The highest BCUT2D eigenvalue weighted by atomic mass is 16.5. The van der Waals surface area contributed by atoms with Gasteiger partial charge >= 0.3 is 5.97 Å². The molecule has 5 heteroatoms. The summed E-state index contributed by atoms with van der Waals surface area (Å²) in [6.07, 6.45) is 0. The summed E-state index contributed by atoms with van der Waals surface area (Å²) in [5.41, 5.74) is -0.178. The molecule has 0 aliphatic carbocycles. The predicted molar refractivity (Wildman–Crippen MR) is 55.3 cm³/mol. The summed E-state index contributed by atoms with van der Waals surface area (Å²) in [5.74, 6) is -1.62. The van der Waals surface area contributed by atoms with Crippen molar-refractivity contribution in [3.05, 3.63) is 29.8 Å². The van der Waals surface area contributed by atoms with Crippen LogP contribution in [-0.2, 0) is 4.74 Å². The van der Waals surface area contributed by atoms with E-state index in [0.717, 1.165) is 26.3 Å². The van der Waals surface area contributed by atoms with Crippen molar-refractivity contribution in [3.8, 4) is 5.75 Å². The first-order chi connectivity index (χ1) is 7.72. The van der Waals surface area contributed by atoms with E-state index in [1.807, 2.05) is 0 Å². The van der Waals surface area contributed by atoms with Gasteiger partial charge in [0.15, 0.2) is 0 Å². The highest BCUT2D eigenvalue weighted by molar-refractivity contribution is 5.90. The van der Waals surface area contributed by atoms with Gasteiger partial charge in [0.1, 0.15) is 0 Å². The Morgan fingerprint density at radius 3 is 2.25 bits per heavy atom. The van der Waals surface area contributed by atoms with E-state index in [1.54, 1.807) is 0 Å². The number of carbonyl (C=O) groups is 1. The molecular weight excluding hydrogens is 210 g/mol. The Balaban J connectivity index is 0.000000181. The Morgan fingerprint density at radius 1 is 1.31 bits per heavy atom. The van der Waals surface area contributed by atoms with E-state index in [0.29, 0.717) is 0 Å². The summed E-state index contributed by atoms with van der Waals surface area (Å²) in [7, 11) is 0. The highest BCUT2D eigenvalue weighted by Crippen LogP contribution is 2.10. The van der Waals surface area contributed by atoms with Crippen LogP contribution in [0.25, 0.3) is 0 Å². The fourth-order valence-corrected chi connectivity index (χ4v) is 1.22. The summed E-state index contributed by atoms with van der Waals surface area (Å²) < 4.78 is 5.04. The Bertz CT molecular complexity index is 325. The van der Waals surface area contributed by atoms with Crippen molar-refractivity contribution in [2.45, 2.75) is 0 Å². The van der Waals surface area contributed by atoms with Crippen LogP contribution in [0.4, 0.5) is 0 Å². The number of aromatic carboxylic acids is 1. The van der Waals surface area contributed by atoms with E-state index in [4.69, 9.17) is 9.84 Å². The first kappa shape index (κ1) is 12.5. The van der Waals surface area contributed by atoms with Gasteiger partial charge in [0.2, 0.25) is 0 Å². The second-order valence-corrected chi connectivity index (χ2v) is 3.28. The largest absolute Gasteiger partial charge is 0.872 e. The lowest BCUT2D eigenvalue weighted by molar-refractivity contribution is -0.670. The molecule has 1 fully saturated rings. The molecule has 88 valence electrons. The average molecular weight is 225 g/mol. The number of carboxylic acids is 1. The number of quaternary nitrogens is 1. The molecule has 0 saturated carbocycles. The minimum Gasteiger partial charge on any atom is -0.872 e. The Kier molecular flexibility index (Phi) is 5.31. The van der Waals surface area contributed by atoms with Crippen LogP contribution in [-0.4, -0.2) is 37.4 Å². The highest BCUT2D eigenvalue weighted by Gasteiger charge is 1.99. The molecule has 0 bridgehead atoms. The molecule has 1 heterocycles. The molecule has 1 saturated heterocycles. The van der Waals surface area contributed by atoms with Crippen LogP contribution in [0, 0.1) is 0 Å². The van der Waals surface area contributed by atoms with Gasteiger partial charge in [-0.15, -0.1) is 0 Å². The molecule has 0 amide bonds. The molecule has 0 atom stereocenters. The van der Waals surface area contributed by atoms with Gasteiger partial charge in [-0.25, -0.2) is 4.79 Å². The Hall–Kier alpha value is -1.59. The van der Waals surface area contributed by atoms with Gasteiger partial charge in [0.25, 0.3) is 0 Å². The maximum atomic E-state index is 10.7. The molecule has 3 N–H and O–H groups in total.